The Morgan fingerprint density at radius 1 is 0.765 bits per heavy atom. The summed E-state index contributed by atoms with van der Waals surface area (Å²) in [6.45, 7) is 1.10. The zero-order chi connectivity index (χ0) is 11.2. The van der Waals surface area contributed by atoms with E-state index in [1.165, 1.54) is 39.9 Å². The molecule has 0 unspecified atom stereocenters. The van der Waals surface area contributed by atoms with Gasteiger partial charge in [0.1, 0.15) is 0 Å². The summed E-state index contributed by atoms with van der Waals surface area (Å²) in [5, 5.41) is 3.47. The quantitative estimate of drug-likeness (QED) is 0.615. The van der Waals surface area contributed by atoms with Crippen molar-refractivity contribution < 1.29 is 0 Å². The minimum absolute atomic E-state index is 1.10. The summed E-state index contributed by atoms with van der Waals surface area (Å²) in [5.74, 6) is 0. The average Bonchev–Trinajstić information content (AvgIpc) is 2.80. The lowest BCUT2D eigenvalue weighted by Gasteiger charge is -2.20. The minimum atomic E-state index is 1.10. The van der Waals surface area contributed by atoms with Crippen LogP contribution in [0.15, 0.2) is 36.4 Å². The van der Waals surface area contributed by atoms with Crippen LogP contribution in [0.5, 0.6) is 0 Å². The number of hydrogen-bond acceptors (Lipinski definition) is 1. The fourth-order valence-corrected chi connectivity index (χ4v) is 3.09. The summed E-state index contributed by atoms with van der Waals surface area (Å²) in [7, 11) is 0. The Bertz CT molecular complexity index is 546. The molecule has 0 saturated carbocycles. The zero-order valence-electron chi connectivity index (χ0n) is 9.79. The van der Waals surface area contributed by atoms with E-state index >= 15 is 0 Å². The molecule has 0 saturated heterocycles. The fraction of sp³-hybridized carbons (Fsp3) is 0.250. The third-order valence-electron chi connectivity index (χ3n) is 4.02. The van der Waals surface area contributed by atoms with Gasteiger partial charge in [-0.05, 0) is 53.1 Å². The summed E-state index contributed by atoms with van der Waals surface area (Å²) in [4.78, 5) is 0. The van der Waals surface area contributed by atoms with Crippen LogP contribution in [-0.4, -0.2) is 6.54 Å². The highest BCUT2D eigenvalue weighted by molar-refractivity contribution is 5.61. The minimum Gasteiger partial charge on any atom is -0.384 e. The fourth-order valence-electron chi connectivity index (χ4n) is 3.09. The molecule has 0 amide bonds. The maximum atomic E-state index is 3.47. The lowest BCUT2D eigenvalue weighted by Crippen LogP contribution is -2.07. The van der Waals surface area contributed by atoms with Gasteiger partial charge in [-0.25, -0.2) is 0 Å². The van der Waals surface area contributed by atoms with Gasteiger partial charge in [-0.3, -0.25) is 0 Å². The van der Waals surface area contributed by atoms with Crippen molar-refractivity contribution in [3.63, 3.8) is 0 Å². The van der Waals surface area contributed by atoms with Gasteiger partial charge < -0.3 is 5.32 Å². The Labute approximate surface area is 101 Å². The molecule has 17 heavy (non-hydrogen) atoms. The highest BCUT2D eigenvalue weighted by Gasteiger charge is 2.19. The first-order chi connectivity index (χ1) is 8.40. The number of rotatable bonds is 0. The summed E-state index contributed by atoms with van der Waals surface area (Å²) >= 11 is 0. The van der Waals surface area contributed by atoms with Gasteiger partial charge in [-0.1, -0.05) is 30.3 Å². The number of fused-ring (bicyclic) bond motifs is 3. The lowest BCUT2D eigenvalue weighted by molar-refractivity contribution is 0.995. The van der Waals surface area contributed by atoms with Crippen molar-refractivity contribution in [2.75, 3.05) is 11.9 Å². The van der Waals surface area contributed by atoms with E-state index in [2.05, 4.69) is 41.7 Å². The molecule has 1 nitrogen and oxygen atoms in total. The molecule has 1 heterocycles. The number of hydrogen-bond donors (Lipinski definition) is 1. The predicted octanol–water partition coefficient (Wildman–Crippen LogP) is 3.15. The Balaban J connectivity index is 1.85. The molecule has 1 N–H and O–H groups in total. The molecular formula is C16H15N. The molecule has 0 atom stereocenters. The predicted molar refractivity (Wildman–Crippen MR) is 70.7 cm³/mol. The summed E-state index contributed by atoms with van der Waals surface area (Å²) < 4.78 is 0. The van der Waals surface area contributed by atoms with Crippen LogP contribution in [0.4, 0.5) is 5.69 Å². The average molecular weight is 221 g/mol. The molecule has 2 aromatic carbocycles. The molecule has 2 aromatic rings. The van der Waals surface area contributed by atoms with Crippen LogP contribution in [0.2, 0.25) is 0 Å². The van der Waals surface area contributed by atoms with Gasteiger partial charge in [0.05, 0.1) is 0 Å². The molecule has 0 spiro atoms. The van der Waals surface area contributed by atoms with Crippen LogP contribution in [0.25, 0.3) is 0 Å². The van der Waals surface area contributed by atoms with Gasteiger partial charge in [-0.2, -0.15) is 0 Å². The zero-order valence-corrected chi connectivity index (χ0v) is 9.79. The molecular weight excluding hydrogens is 206 g/mol. The monoisotopic (exact) mass is 221 g/mol. The molecule has 0 radical (unpaired) electrons. The Morgan fingerprint density at radius 3 is 2.24 bits per heavy atom. The summed E-state index contributed by atoms with van der Waals surface area (Å²) in [5.41, 5.74) is 8.91. The van der Waals surface area contributed by atoms with Crippen molar-refractivity contribution in [2.45, 2.75) is 19.3 Å². The van der Waals surface area contributed by atoms with Crippen molar-refractivity contribution in [3.05, 3.63) is 64.2 Å². The Morgan fingerprint density at radius 2 is 1.47 bits per heavy atom. The standard InChI is InChI=1S/C16H15N/c1-2-4-12-8-15-10-16-13(5-6-17-16)9-14(15)7-11(12)3-1/h1-4,9-10,17H,5-8H2. The second kappa shape index (κ2) is 3.36. The molecule has 84 valence electrons. The van der Waals surface area contributed by atoms with Crippen molar-refractivity contribution in [2.24, 2.45) is 0 Å². The largest absolute Gasteiger partial charge is 0.384 e. The topological polar surface area (TPSA) is 12.0 Å². The van der Waals surface area contributed by atoms with Gasteiger partial charge in [0, 0.05) is 12.2 Å². The van der Waals surface area contributed by atoms with Gasteiger partial charge in [0.15, 0.2) is 0 Å². The van der Waals surface area contributed by atoms with Crippen LogP contribution in [0, 0.1) is 0 Å². The molecule has 1 aliphatic carbocycles. The van der Waals surface area contributed by atoms with E-state index in [0.717, 1.165) is 19.4 Å². The second-order valence-electron chi connectivity index (χ2n) is 5.08. The second-order valence-corrected chi connectivity index (χ2v) is 5.08. The van der Waals surface area contributed by atoms with E-state index in [0.29, 0.717) is 0 Å². The van der Waals surface area contributed by atoms with Gasteiger partial charge in [-0.15, -0.1) is 0 Å². The third-order valence-corrected chi connectivity index (χ3v) is 4.02. The summed E-state index contributed by atoms with van der Waals surface area (Å²) in [6.07, 6.45) is 3.39. The van der Waals surface area contributed by atoms with Crippen LogP contribution < -0.4 is 5.32 Å². The lowest BCUT2D eigenvalue weighted by atomic mass is 9.85. The van der Waals surface area contributed by atoms with Crippen LogP contribution in [0.3, 0.4) is 0 Å². The van der Waals surface area contributed by atoms with E-state index in [9.17, 15) is 0 Å². The molecule has 1 heteroatoms. The van der Waals surface area contributed by atoms with Crippen LogP contribution in [-0.2, 0) is 19.3 Å². The van der Waals surface area contributed by atoms with Crippen molar-refractivity contribution in [1.29, 1.82) is 0 Å². The molecule has 0 bridgehead atoms. The molecule has 1 aliphatic heterocycles. The highest BCUT2D eigenvalue weighted by Crippen LogP contribution is 2.33. The molecule has 0 aromatic heterocycles. The van der Waals surface area contributed by atoms with Crippen molar-refractivity contribution in [1.82, 2.24) is 0 Å². The number of nitrogens with one attached hydrogen (secondary N) is 1. The smallest absolute Gasteiger partial charge is 0.0376 e. The first-order valence-electron chi connectivity index (χ1n) is 6.35. The number of benzene rings is 2. The maximum Gasteiger partial charge on any atom is 0.0376 e. The highest BCUT2D eigenvalue weighted by atomic mass is 14.9. The normalized spacial score (nSPS) is 15.8. The van der Waals surface area contributed by atoms with Crippen molar-refractivity contribution >= 4 is 5.69 Å². The van der Waals surface area contributed by atoms with E-state index in [4.69, 9.17) is 0 Å². The van der Waals surface area contributed by atoms with E-state index in [-0.39, 0.29) is 0 Å². The van der Waals surface area contributed by atoms with Gasteiger partial charge >= 0.3 is 0 Å². The van der Waals surface area contributed by atoms with E-state index in [1.54, 1.807) is 0 Å². The SMILES string of the molecule is c1ccc2c(c1)Cc1cc3c(cc1C2)NCC3. The van der Waals surface area contributed by atoms with E-state index in [1.807, 2.05) is 0 Å². The van der Waals surface area contributed by atoms with Crippen LogP contribution >= 0.6 is 0 Å². The maximum absolute atomic E-state index is 3.47. The number of anilines is 1. The Kier molecular flexibility index (Phi) is 1.84. The first kappa shape index (κ1) is 9.29. The van der Waals surface area contributed by atoms with E-state index < -0.39 is 0 Å². The first-order valence-corrected chi connectivity index (χ1v) is 6.35. The summed E-state index contributed by atoms with van der Waals surface area (Å²) in [6, 6.07) is 13.6. The van der Waals surface area contributed by atoms with Crippen LogP contribution in [0.1, 0.15) is 27.8 Å². The third kappa shape index (κ3) is 1.39. The van der Waals surface area contributed by atoms with Gasteiger partial charge in [0.25, 0.3) is 0 Å². The molecule has 2 aliphatic rings. The molecule has 4 rings (SSSR count). The Hall–Kier alpha value is -1.76. The van der Waals surface area contributed by atoms with Crippen molar-refractivity contribution in [3.8, 4) is 0 Å². The van der Waals surface area contributed by atoms with Gasteiger partial charge in [0.2, 0.25) is 0 Å². The molecule has 0 fully saturated rings.